The number of nitrogens with one attached hydrogen (secondary N) is 1. The summed E-state index contributed by atoms with van der Waals surface area (Å²) in [5.41, 5.74) is 2.30. The van der Waals surface area contributed by atoms with Gasteiger partial charge in [-0.1, -0.05) is 28.1 Å². The third-order valence-corrected chi connectivity index (χ3v) is 5.93. The Labute approximate surface area is 178 Å². The lowest BCUT2D eigenvalue weighted by atomic mass is 10.0. The molecule has 2 aromatic carbocycles. The van der Waals surface area contributed by atoms with Crippen molar-refractivity contribution in [1.29, 1.82) is 0 Å². The molecule has 0 radical (unpaired) electrons. The molecule has 0 saturated carbocycles. The average molecular weight is 472 g/mol. The first kappa shape index (κ1) is 19.5. The van der Waals surface area contributed by atoms with E-state index < -0.39 is 5.97 Å². The van der Waals surface area contributed by atoms with Gasteiger partial charge in [-0.2, -0.15) is 0 Å². The summed E-state index contributed by atoms with van der Waals surface area (Å²) in [6.07, 6.45) is 0. The van der Waals surface area contributed by atoms with Crippen LogP contribution in [0.5, 0.6) is 0 Å². The summed E-state index contributed by atoms with van der Waals surface area (Å²) in [6.45, 7) is 3.77. The fraction of sp³-hybridized carbons (Fsp3) is 0.0952. The number of rotatable bonds is 4. The summed E-state index contributed by atoms with van der Waals surface area (Å²) >= 11 is 4.83. The molecule has 8 heteroatoms. The van der Waals surface area contributed by atoms with Gasteiger partial charge in [0.25, 0.3) is 0 Å². The van der Waals surface area contributed by atoms with Crippen LogP contribution in [0.25, 0.3) is 21.3 Å². The van der Waals surface area contributed by atoms with E-state index in [0.29, 0.717) is 21.8 Å². The number of carboxylic acids is 1. The zero-order valence-electron chi connectivity index (χ0n) is 15.5. The number of benzene rings is 2. The second-order valence-electron chi connectivity index (χ2n) is 6.46. The van der Waals surface area contributed by atoms with E-state index in [9.17, 15) is 14.3 Å². The Kier molecular flexibility index (Phi) is 5.06. The van der Waals surface area contributed by atoms with E-state index in [1.54, 1.807) is 31.2 Å². The Bertz CT molecular complexity index is 1260. The second-order valence-corrected chi connectivity index (χ2v) is 8.58. The van der Waals surface area contributed by atoms with Crippen LogP contribution in [0, 0.1) is 19.7 Å². The maximum atomic E-state index is 13.4. The first-order valence-corrected chi connectivity index (χ1v) is 10.3. The van der Waals surface area contributed by atoms with Crippen molar-refractivity contribution < 1.29 is 14.3 Å². The smallest absolute Gasteiger partial charge is 0.337 e. The van der Waals surface area contributed by atoms with Crippen LogP contribution >= 0.6 is 27.3 Å². The average Bonchev–Trinajstić information content (AvgIpc) is 2.99. The number of nitrogens with zero attached hydrogens (tertiary/aromatic N) is 2. The van der Waals surface area contributed by atoms with E-state index in [1.165, 1.54) is 29.5 Å². The van der Waals surface area contributed by atoms with Gasteiger partial charge in [-0.05, 0) is 49.7 Å². The minimum absolute atomic E-state index is 0.124. The molecule has 2 N–H and O–H groups in total. The molecule has 5 nitrogen and oxygen atoms in total. The van der Waals surface area contributed by atoms with Gasteiger partial charge in [-0.3, -0.25) is 0 Å². The summed E-state index contributed by atoms with van der Waals surface area (Å²) in [6, 6.07) is 11.3. The van der Waals surface area contributed by atoms with Crippen molar-refractivity contribution in [2.75, 3.05) is 5.32 Å². The minimum atomic E-state index is -1.05. The van der Waals surface area contributed by atoms with Crippen molar-refractivity contribution in [2.24, 2.45) is 0 Å². The molecule has 0 spiro atoms. The predicted octanol–water partition coefficient (Wildman–Crippen LogP) is 6.32. The SMILES string of the molecule is Cc1nc(Nc2ccc(Br)cc2C(=O)O)c2c(-c3ccc(F)cc3)c(C)sc2n1. The highest BCUT2D eigenvalue weighted by molar-refractivity contribution is 9.10. The molecule has 0 atom stereocenters. The summed E-state index contributed by atoms with van der Waals surface area (Å²) in [5, 5.41) is 13.5. The molecule has 29 heavy (non-hydrogen) atoms. The van der Waals surface area contributed by atoms with Crippen molar-refractivity contribution >= 4 is 55.0 Å². The molecule has 4 rings (SSSR count). The number of halogens is 2. The summed E-state index contributed by atoms with van der Waals surface area (Å²) in [5.74, 6) is -0.268. The number of thiophene rings is 1. The highest BCUT2D eigenvalue weighted by Crippen LogP contribution is 2.41. The van der Waals surface area contributed by atoms with Crippen LogP contribution in [0.4, 0.5) is 15.9 Å². The van der Waals surface area contributed by atoms with Gasteiger partial charge in [-0.25, -0.2) is 19.2 Å². The second kappa shape index (κ2) is 7.53. The Hall–Kier alpha value is -2.84. The maximum absolute atomic E-state index is 13.4. The lowest BCUT2D eigenvalue weighted by molar-refractivity contribution is 0.0698. The summed E-state index contributed by atoms with van der Waals surface area (Å²) in [7, 11) is 0. The van der Waals surface area contributed by atoms with E-state index >= 15 is 0 Å². The number of anilines is 2. The lowest BCUT2D eigenvalue weighted by Gasteiger charge is -2.12. The number of hydrogen-bond donors (Lipinski definition) is 2. The Morgan fingerprint density at radius 3 is 2.55 bits per heavy atom. The largest absolute Gasteiger partial charge is 0.478 e. The molecule has 4 aromatic rings. The number of aromatic nitrogens is 2. The van der Waals surface area contributed by atoms with Crippen LogP contribution in [0.15, 0.2) is 46.9 Å². The quantitative estimate of drug-likeness (QED) is 0.364. The molecule has 0 aliphatic heterocycles. The maximum Gasteiger partial charge on any atom is 0.337 e. The molecule has 2 heterocycles. The first-order chi connectivity index (χ1) is 13.8. The molecule has 0 unspecified atom stereocenters. The van der Waals surface area contributed by atoms with E-state index in [0.717, 1.165) is 26.2 Å². The van der Waals surface area contributed by atoms with Gasteiger partial charge in [0.05, 0.1) is 16.6 Å². The molecule has 0 aliphatic carbocycles. The number of hydrogen-bond acceptors (Lipinski definition) is 5. The molecule has 146 valence electrons. The zero-order valence-corrected chi connectivity index (χ0v) is 17.9. The molecule has 0 fully saturated rings. The Morgan fingerprint density at radius 2 is 1.86 bits per heavy atom. The first-order valence-electron chi connectivity index (χ1n) is 8.67. The molecule has 0 aliphatic rings. The third-order valence-electron chi connectivity index (χ3n) is 4.44. The Balaban J connectivity index is 1.94. The van der Waals surface area contributed by atoms with Crippen LogP contribution < -0.4 is 5.32 Å². The van der Waals surface area contributed by atoms with Crippen LogP contribution in [-0.4, -0.2) is 21.0 Å². The monoisotopic (exact) mass is 471 g/mol. The fourth-order valence-electron chi connectivity index (χ4n) is 3.20. The van der Waals surface area contributed by atoms with Crippen LogP contribution in [-0.2, 0) is 0 Å². The van der Waals surface area contributed by atoms with Crippen molar-refractivity contribution in [2.45, 2.75) is 13.8 Å². The van der Waals surface area contributed by atoms with Gasteiger partial charge in [0.15, 0.2) is 0 Å². The van der Waals surface area contributed by atoms with E-state index in [1.807, 2.05) is 6.92 Å². The molecular formula is C21H15BrFN3O2S. The highest BCUT2D eigenvalue weighted by atomic mass is 79.9. The van der Waals surface area contributed by atoms with Gasteiger partial charge in [0.1, 0.15) is 22.3 Å². The predicted molar refractivity (Wildman–Crippen MR) is 117 cm³/mol. The Morgan fingerprint density at radius 1 is 1.14 bits per heavy atom. The summed E-state index contributed by atoms with van der Waals surface area (Å²) in [4.78, 5) is 22.6. The summed E-state index contributed by atoms with van der Waals surface area (Å²) < 4.78 is 14.1. The molecule has 2 aromatic heterocycles. The third kappa shape index (κ3) is 3.73. The number of aryl methyl sites for hydroxylation is 2. The molecule has 0 bridgehead atoms. The zero-order chi connectivity index (χ0) is 20.7. The fourth-order valence-corrected chi connectivity index (χ4v) is 4.65. The molecule has 0 amide bonds. The van der Waals surface area contributed by atoms with Crippen molar-refractivity contribution in [3.05, 3.63) is 69.0 Å². The molecular weight excluding hydrogens is 457 g/mol. The number of aromatic carboxylic acids is 1. The van der Waals surface area contributed by atoms with Crippen molar-refractivity contribution in [3.8, 4) is 11.1 Å². The normalized spacial score (nSPS) is 11.0. The van der Waals surface area contributed by atoms with Gasteiger partial charge >= 0.3 is 5.97 Å². The minimum Gasteiger partial charge on any atom is -0.478 e. The molecule has 0 saturated heterocycles. The topological polar surface area (TPSA) is 75.1 Å². The highest BCUT2D eigenvalue weighted by Gasteiger charge is 2.20. The number of carbonyl (C=O) groups is 1. The van der Waals surface area contributed by atoms with Crippen molar-refractivity contribution in [3.63, 3.8) is 0 Å². The van der Waals surface area contributed by atoms with E-state index in [2.05, 4.69) is 31.2 Å². The van der Waals surface area contributed by atoms with Crippen LogP contribution in [0.3, 0.4) is 0 Å². The van der Waals surface area contributed by atoms with Crippen LogP contribution in [0.2, 0.25) is 0 Å². The number of fused-ring (bicyclic) bond motifs is 1. The van der Waals surface area contributed by atoms with E-state index in [-0.39, 0.29) is 11.4 Å². The standard InChI is InChI=1S/C21H15BrFN3O2S/c1-10-17(12-3-6-14(23)7-4-12)18-19(24-11(2)25-20(18)29-10)26-16-8-5-13(22)9-15(16)21(27)28/h3-9H,1-2H3,(H,27,28)(H,24,25,26). The van der Waals surface area contributed by atoms with Crippen LogP contribution in [0.1, 0.15) is 21.1 Å². The van der Waals surface area contributed by atoms with Gasteiger partial charge in [0.2, 0.25) is 0 Å². The van der Waals surface area contributed by atoms with Gasteiger partial charge in [-0.15, -0.1) is 11.3 Å². The van der Waals surface area contributed by atoms with E-state index in [4.69, 9.17) is 0 Å². The van der Waals surface area contributed by atoms with Gasteiger partial charge in [0, 0.05) is 14.9 Å². The van der Waals surface area contributed by atoms with Crippen molar-refractivity contribution in [1.82, 2.24) is 9.97 Å². The van der Waals surface area contributed by atoms with Gasteiger partial charge < -0.3 is 10.4 Å². The lowest BCUT2D eigenvalue weighted by Crippen LogP contribution is -2.05. The number of carboxylic acid groups (broad SMARTS) is 1.